The van der Waals surface area contributed by atoms with Crippen molar-refractivity contribution in [2.45, 2.75) is 19.3 Å². The Balaban J connectivity index is 0.00000180. The quantitative estimate of drug-likeness (QED) is 0.709. The van der Waals surface area contributed by atoms with Crippen LogP contribution in [0.5, 0.6) is 11.5 Å². The molecule has 0 spiro atoms. The molecule has 0 amide bonds. The van der Waals surface area contributed by atoms with Gasteiger partial charge in [-0.2, -0.15) is 0 Å². The predicted molar refractivity (Wildman–Crippen MR) is 64.5 cm³/mol. The Morgan fingerprint density at radius 1 is 1.26 bits per heavy atom. The fourth-order valence-electron chi connectivity index (χ4n) is 1.91. The van der Waals surface area contributed by atoms with Gasteiger partial charge in [0.2, 0.25) is 0 Å². The van der Waals surface area contributed by atoms with E-state index in [-0.39, 0.29) is 62.9 Å². The zero-order valence-corrected chi connectivity index (χ0v) is 14.3. The maximum Gasteiger partial charge on any atom is 1.00 e. The van der Waals surface area contributed by atoms with Crippen LogP contribution in [-0.2, 0) is 0 Å². The van der Waals surface area contributed by atoms with Crippen LogP contribution in [0.3, 0.4) is 0 Å². The van der Waals surface area contributed by atoms with Gasteiger partial charge in [0.05, 0.1) is 19.5 Å². The molecule has 1 fully saturated rings. The summed E-state index contributed by atoms with van der Waals surface area (Å²) >= 11 is 0. The largest absolute Gasteiger partial charge is 1.00 e. The van der Waals surface area contributed by atoms with Crippen molar-refractivity contribution in [2.24, 2.45) is 5.92 Å². The van der Waals surface area contributed by atoms with Crippen LogP contribution in [0.4, 0.5) is 12.9 Å². The summed E-state index contributed by atoms with van der Waals surface area (Å²) in [6.45, 7) is -4.72. The second kappa shape index (κ2) is 7.36. The minimum atomic E-state index is -5.09. The van der Waals surface area contributed by atoms with Crippen molar-refractivity contribution < 1.29 is 73.8 Å². The van der Waals surface area contributed by atoms with Crippen molar-refractivity contribution in [3.05, 3.63) is 18.2 Å². The molecule has 0 N–H and O–H groups in total. The molecule has 1 aliphatic rings. The summed E-state index contributed by atoms with van der Waals surface area (Å²) in [5.41, 5.74) is -0.714. The summed E-state index contributed by atoms with van der Waals surface area (Å²) in [4.78, 5) is 0. The fraction of sp³-hybridized carbons (Fsp3) is 0.500. The summed E-state index contributed by atoms with van der Waals surface area (Å²) in [5, 5.41) is 0. The van der Waals surface area contributed by atoms with Gasteiger partial charge in [0, 0.05) is 0 Å². The van der Waals surface area contributed by atoms with Crippen LogP contribution in [0, 0.1) is 5.92 Å². The molecule has 2 nitrogen and oxygen atoms in total. The smallest absolute Gasteiger partial charge is 0.497 e. The molecule has 0 atom stereocenters. The maximum atomic E-state index is 12.9. The molecule has 1 aromatic carbocycles. The molecule has 100 valence electrons. The van der Waals surface area contributed by atoms with Crippen molar-refractivity contribution in [3.8, 4) is 11.5 Å². The SMILES string of the molecule is COc1ccc(OCC2CCC2)c([B-](F)(F)F)c1.[K+]. The van der Waals surface area contributed by atoms with Gasteiger partial charge in [-0.15, -0.1) is 0 Å². The average molecular weight is 298 g/mol. The van der Waals surface area contributed by atoms with Crippen LogP contribution >= 0.6 is 0 Å². The number of hydrogen-bond donors (Lipinski definition) is 0. The Hall–Kier alpha value is 0.311. The Morgan fingerprint density at radius 2 is 1.95 bits per heavy atom. The number of benzene rings is 1. The maximum absolute atomic E-state index is 12.9. The topological polar surface area (TPSA) is 18.5 Å². The average Bonchev–Trinajstić information content (AvgIpc) is 2.26. The first kappa shape index (κ1) is 17.4. The van der Waals surface area contributed by atoms with Crippen LogP contribution in [0.15, 0.2) is 18.2 Å². The molecule has 1 aromatic rings. The van der Waals surface area contributed by atoms with Gasteiger partial charge in [0.15, 0.2) is 0 Å². The minimum Gasteiger partial charge on any atom is -0.497 e. The van der Waals surface area contributed by atoms with Crippen LogP contribution in [0.1, 0.15) is 19.3 Å². The van der Waals surface area contributed by atoms with E-state index in [9.17, 15) is 12.9 Å². The van der Waals surface area contributed by atoms with E-state index in [2.05, 4.69) is 0 Å². The van der Waals surface area contributed by atoms with Gasteiger partial charge in [-0.05, 0) is 37.0 Å². The predicted octanol–water partition coefficient (Wildman–Crippen LogP) is -0.0675. The van der Waals surface area contributed by atoms with Gasteiger partial charge < -0.3 is 22.4 Å². The van der Waals surface area contributed by atoms with E-state index < -0.39 is 12.4 Å². The van der Waals surface area contributed by atoms with E-state index in [1.165, 1.54) is 19.2 Å². The number of hydrogen-bond acceptors (Lipinski definition) is 2. The second-order valence-corrected chi connectivity index (χ2v) is 4.59. The molecule has 19 heavy (non-hydrogen) atoms. The summed E-state index contributed by atoms with van der Waals surface area (Å²) < 4.78 is 48.9. The Bertz CT molecular complexity index is 422. The van der Waals surface area contributed by atoms with Crippen LogP contribution in [-0.4, -0.2) is 20.7 Å². The third-order valence-electron chi connectivity index (χ3n) is 3.27. The first-order chi connectivity index (χ1) is 8.50. The minimum absolute atomic E-state index is 0. The molecule has 0 aliphatic heterocycles. The molecular formula is C12H15BF3KO2. The fourth-order valence-corrected chi connectivity index (χ4v) is 1.91. The van der Waals surface area contributed by atoms with Crippen molar-refractivity contribution in [2.75, 3.05) is 13.7 Å². The van der Waals surface area contributed by atoms with Crippen LogP contribution in [0.25, 0.3) is 0 Å². The molecule has 0 saturated heterocycles. The second-order valence-electron chi connectivity index (χ2n) is 4.59. The first-order valence-corrected chi connectivity index (χ1v) is 6.01. The van der Waals surface area contributed by atoms with Gasteiger partial charge >= 0.3 is 58.4 Å². The Kier molecular flexibility index (Phi) is 6.72. The van der Waals surface area contributed by atoms with Gasteiger partial charge in [0.1, 0.15) is 5.75 Å². The Morgan fingerprint density at radius 3 is 2.42 bits per heavy atom. The molecule has 0 aromatic heterocycles. The van der Waals surface area contributed by atoms with Crippen molar-refractivity contribution in [3.63, 3.8) is 0 Å². The number of rotatable bonds is 5. The number of ether oxygens (including phenoxy) is 2. The molecule has 2 rings (SSSR count). The third-order valence-corrected chi connectivity index (χ3v) is 3.27. The van der Waals surface area contributed by atoms with Gasteiger partial charge in [0.25, 0.3) is 0 Å². The summed E-state index contributed by atoms with van der Waals surface area (Å²) in [7, 11) is 1.34. The van der Waals surface area contributed by atoms with Crippen molar-refractivity contribution in [1.82, 2.24) is 0 Å². The van der Waals surface area contributed by atoms with Gasteiger partial charge in [-0.3, -0.25) is 0 Å². The number of methoxy groups -OCH3 is 1. The van der Waals surface area contributed by atoms with E-state index in [4.69, 9.17) is 9.47 Å². The zero-order valence-electron chi connectivity index (χ0n) is 11.2. The zero-order chi connectivity index (χ0) is 13.2. The summed E-state index contributed by atoms with van der Waals surface area (Å²) in [5.74, 6) is 0.510. The molecule has 0 heterocycles. The van der Waals surface area contributed by atoms with E-state index >= 15 is 0 Å². The molecule has 7 heteroatoms. The van der Waals surface area contributed by atoms with Crippen molar-refractivity contribution in [1.29, 1.82) is 0 Å². The normalized spacial score (nSPS) is 15.4. The Labute approximate surface area is 153 Å². The van der Waals surface area contributed by atoms with Crippen LogP contribution < -0.4 is 66.3 Å². The third kappa shape index (κ3) is 4.67. The monoisotopic (exact) mass is 298 g/mol. The summed E-state index contributed by atoms with van der Waals surface area (Å²) in [6.07, 6.45) is 3.23. The van der Waals surface area contributed by atoms with E-state index in [1.807, 2.05) is 0 Å². The van der Waals surface area contributed by atoms with Gasteiger partial charge in [-0.1, -0.05) is 11.9 Å². The van der Waals surface area contributed by atoms with Crippen molar-refractivity contribution >= 4 is 12.4 Å². The van der Waals surface area contributed by atoms with Crippen LogP contribution in [0.2, 0.25) is 0 Å². The number of halogens is 3. The molecule has 0 unspecified atom stereocenters. The summed E-state index contributed by atoms with van der Waals surface area (Å²) in [6, 6.07) is 3.82. The molecule has 1 saturated carbocycles. The van der Waals surface area contributed by atoms with E-state index in [0.29, 0.717) is 12.5 Å². The van der Waals surface area contributed by atoms with E-state index in [1.54, 1.807) is 0 Å². The first-order valence-electron chi connectivity index (χ1n) is 6.01. The van der Waals surface area contributed by atoms with E-state index in [0.717, 1.165) is 25.3 Å². The standard InChI is InChI=1S/C12H15BF3O2.K/c1-17-10-5-6-12(11(7-10)13(14,15)16)18-8-9-3-2-4-9;/h5-7,9H,2-4,8H2,1H3;/q-1;+1. The van der Waals surface area contributed by atoms with Gasteiger partial charge in [-0.25, -0.2) is 0 Å². The molecular weight excluding hydrogens is 283 g/mol. The molecule has 1 aliphatic carbocycles. The molecule has 0 bridgehead atoms. The molecule has 0 radical (unpaired) electrons.